The molecule has 0 radical (unpaired) electrons. The Kier molecular flexibility index (Phi) is 9.95. The maximum atomic E-state index is 3.60. The van der Waals surface area contributed by atoms with E-state index < -0.39 is 0 Å². The van der Waals surface area contributed by atoms with Crippen LogP contribution in [-0.4, -0.2) is 5.33 Å². The van der Waals surface area contributed by atoms with Crippen LogP contribution in [0, 0.1) is 5.92 Å². The minimum absolute atomic E-state index is 0.941. The van der Waals surface area contributed by atoms with Crippen molar-refractivity contribution in [1.29, 1.82) is 0 Å². The van der Waals surface area contributed by atoms with E-state index in [0.717, 1.165) is 5.92 Å². The lowest BCUT2D eigenvalue weighted by atomic mass is 9.98. The van der Waals surface area contributed by atoms with Gasteiger partial charge in [0.05, 0.1) is 0 Å². The normalized spacial score (nSPS) is 13.2. The van der Waals surface area contributed by atoms with Crippen LogP contribution >= 0.6 is 15.9 Å². The zero-order valence-electron chi connectivity index (χ0n) is 8.61. The third-order valence-corrected chi connectivity index (χ3v) is 3.32. The number of hydrogen-bond acceptors (Lipinski definition) is 0. The van der Waals surface area contributed by atoms with Crippen molar-refractivity contribution in [3.63, 3.8) is 0 Å². The molecule has 0 aromatic rings. The summed E-state index contributed by atoms with van der Waals surface area (Å²) >= 11 is 3.60. The minimum atomic E-state index is 0.941. The average molecular weight is 235 g/mol. The first-order valence-corrected chi connectivity index (χ1v) is 6.53. The smallest absolute Gasteiger partial charge is 0.00596 e. The maximum absolute atomic E-state index is 3.60. The van der Waals surface area contributed by atoms with Crippen molar-refractivity contribution in [3.8, 4) is 0 Å². The van der Waals surface area contributed by atoms with Gasteiger partial charge in [-0.25, -0.2) is 0 Å². The Labute approximate surface area is 86.3 Å². The molecule has 0 aliphatic heterocycles. The van der Waals surface area contributed by atoms with Gasteiger partial charge in [0, 0.05) is 5.33 Å². The van der Waals surface area contributed by atoms with E-state index >= 15 is 0 Å². The van der Waals surface area contributed by atoms with E-state index in [4.69, 9.17) is 0 Å². The van der Waals surface area contributed by atoms with Crippen molar-refractivity contribution < 1.29 is 0 Å². The standard InChI is InChI=1S/C11H23Br/c1-3-5-7-9-11(10-12)8-6-4-2/h11H,3-10H2,1-2H3. The molecule has 0 rings (SSSR count). The van der Waals surface area contributed by atoms with Gasteiger partial charge >= 0.3 is 0 Å². The lowest BCUT2D eigenvalue weighted by Crippen LogP contribution is -2.01. The lowest BCUT2D eigenvalue weighted by Gasteiger charge is -2.12. The van der Waals surface area contributed by atoms with Gasteiger partial charge in [-0.3, -0.25) is 0 Å². The molecule has 1 heteroatoms. The molecule has 0 aromatic carbocycles. The third kappa shape index (κ3) is 7.15. The zero-order valence-corrected chi connectivity index (χ0v) is 10.2. The molecule has 0 aliphatic carbocycles. The topological polar surface area (TPSA) is 0 Å². The van der Waals surface area contributed by atoms with Crippen molar-refractivity contribution in [3.05, 3.63) is 0 Å². The van der Waals surface area contributed by atoms with Crippen molar-refractivity contribution in [1.82, 2.24) is 0 Å². The largest absolute Gasteiger partial charge is 0.0925 e. The van der Waals surface area contributed by atoms with Crippen LogP contribution in [0.4, 0.5) is 0 Å². The fraction of sp³-hybridized carbons (Fsp3) is 1.00. The molecule has 0 saturated carbocycles. The zero-order chi connectivity index (χ0) is 9.23. The van der Waals surface area contributed by atoms with Crippen LogP contribution < -0.4 is 0 Å². The molecule has 0 saturated heterocycles. The first-order valence-electron chi connectivity index (χ1n) is 5.41. The molecule has 0 aliphatic rings. The van der Waals surface area contributed by atoms with Gasteiger partial charge in [-0.1, -0.05) is 61.9 Å². The summed E-state index contributed by atoms with van der Waals surface area (Å²) in [6, 6.07) is 0. The summed E-state index contributed by atoms with van der Waals surface area (Å²) < 4.78 is 0. The van der Waals surface area contributed by atoms with Gasteiger partial charge in [-0.2, -0.15) is 0 Å². The molecule has 1 atom stereocenters. The Bertz CT molecular complexity index is 81.1. The first-order chi connectivity index (χ1) is 5.85. The summed E-state index contributed by atoms with van der Waals surface area (Å²) in [5.74, 6) is 0.941. The number of halogens is 1. The average Bonchev–Trinajstić information content (AvgIpc) is 2.11. The highest BCUT2D eigenvalue weighted by Gasteiger charge is 2.05. The Balaban J connectivity index is 3.26. The van der Waals surface area contributed by atoms with Gasteiger partial charge in [0.15, 0.2) is 0 Å². The number of rotatable bonds is 8. The first kappa shape index (κ1) is 12.5. The molecule has 0 amide bonds. The van der Waals surface area contributed by atoms with Crippen molar-refractivity contribution in [2.24, 2.45) is 5.92 Å². The third-order valence-electron chi connectivity index (χ3n) is 2.40. The highest BCUT2D eigenvalue weighted by Crippen LogP contribution is 2.18. The summed E-state index contributed by atoms with van der Waals surface area (Å²) in [4.78, 5) is 0. The van der Waals surface area contributed by atoms with Crippen LogP contribution in [0.5, 0.6) is 0 Å². The van der Waals surface area contributed by atoms with Crippen LogP contribution in [0.1, 0.15) is 58.8 Å². The molecule has 0 bridgehead atoms. The van der Waals surface area contributed by atoms with Gasteiger partial charge in [0.25, 0.3) is 0 Å². The van der Waals surface area contributed by atoms with Crippen LogP contribution in [-0.2, 0) is 0 Å². The minimum Gasteiger partial charge on any atom is -0.0925 e. The molecule has 1 unspecified atom stereocenters. The van der Waals surface area contributed by atoms with Crippen LogP contribution in [0.15, 0.2) is 0 Å². The SMILES string of the molecule is CCCCCC(CBr)CCCC. The van der Waals surface area contributed by atoms with E-state index in [-0.39, 0.29) is 0 Å². The Morgan fingerprint density at radius 1 is 0.917 bits per heavy atom. The monoisotopic (exact) mass is 234 g/mol. The molecule has 0 nitrogen and oxygen atoms in total. The molecule has 0 N–H and O–H groups in total. The van der Waals surface area contributed by atoms with Crippen molar-refractivity contribution in [2.45, 2.75) is 58.8 Å². The highest BCUT2D eigenvalue weighted by molar-refractivity contribution is 9.09. The summed E-state index contributed by atoms with van der Waals surface area (Å²) in [5, 5.41) is 1.21. The fourth-order valence-electron chi connectivity index (χ4n) is 1.47. The molecule has 0 fully saturated rings. The van der Waals surface area contributed by atoms with E-state index in [9.17, 15) is 0 Å². The van der Waals surface area contributed by atoms with Crippen molar-refractivity contribution >= 4 is 15.9 Å². The summed E-state index contributed by atoms with van der Waals surface area (Å²) in [5.41, 5.74) is 0. The van der Waals surface area contributed by atoms with Gasteiger partial charge in [0.1, 0.15) is 0 Å². The van der Waals surface area contributed by atoms with Gasteiger partial charge in [-0.15, -0.1) is 0 Å². The molecule has 0 heterocycles. The quantitative estimate of drug-likeness (QED) is 0.420. The summed E-state index contributed by atoms with van der Waals surface area (Å²) in [7, 11) is 0. The molecule has 0 spiro atoms. The molecule has 0 aromatic heterocycles. The maximum Gasteiger partial charge on any atom is 0.00596 e. The van der Waals surface area contributed by atoms with E-state index in [1.807, 2.05) is 0 Å². The Morgan fingerprint density at radius 2 is 1.50 bits per heavy atom. The van der Waals surface area contributed by atoms with E-state index in [2.05, 4.69) is 29.8 Å². The second-order valence-corrected chi connectivity index (χ2v) is 4.31. The molecule has 74 valence electrons. The molecular weight excluding hydrogens is 212 g/mol. The number of alkyl halides is 1. The predicted molar refractivity (Wildman–Crippen MR) is 61.0 cm³/mol. The fourth-order valence-corrected chi connectivity index (χ4v) is 2.12. The van der Waals surface area contributed by atoms with E-state index in [1.165, 1.54) is 50.3 Å². The number of unbranched alkanes of at least 4 members (excludes halogenated alkanes) is 3. The van der Waals surface area contributed by atoms with Crippen LogP contribution in [0.3, 0.4) is 0 Å². The van der Waals surface area contributed by atoms with Gasteiger partial charge in [-0.05, 0) is 18.8 Å². The number of hydrogen-bond donors (Lipinski definition) is 0. The van der Waals surface area contributed by atoms with Gasteiger partial charge < -0.3 is 0 Å². The summed E-state index contributed by atoms with van der Waals surface area (Å²) in [6.45, 7) is 4.55. The predicted octanol–water partition coefficient (Wildman–Crippen LogP) is 4.77. The van der Waals surface area contributed by atoms with E-state index in [0.29, 0.717) is 0 Å². The molecular formula is C11H23Br. The highest BCUT2D eigenvalue weighted by atomic mass is 79.9. The van der Waals surface area contributed by atoms with Crippen LogP contribution in [0.25, 0.3) is 0 Å². The van der Waals surface area contributed by atoms with Gasteiger partial charge in [0.2, 0.25) is 0 Å². The van der Waals surface area contributed by atoms with Crippen molar-refractivity contribution in [2.75, 3.05) is 5.33 Å². The second kappa shape index (κ2) is 9.57. The van der Waals surface area contributed by atoms with E-state index in [1.54, 1.807) is 0 Å². The Morgan fingerprint density at radius 3 is 2.00 bits per heavy atom. The second-order valence-electron chi connectivity index (χ2n) is 3.66. The van der Waals surface area contributed by atoms with Crippen LogP contribution in [0.2, 0.25) is 0 Å². The molecule has 12 heavy (non-hydrogen) atoms. The Hall–Kier alpha value is 0.480. The lowest BCUT2D eigenvalue weighted by molar-refractivity contribution is 0.457. The summed E-state index contributed by atoms with van der Waals surface area (Å²) in [6.07, 6.45) is 9.79.